The number of nitrogens with two attached hydrogens (primary N) is 2. The predicted molar refractivity (Wildman–Crippen MR) is 233 cm³/mol. The summed E-state index contributed by atoms with van der Waals surface area (Å²) in [4.78, 5) is -2.66. The molecule has 0 spiro atoms. The van der Waals surface area contributed by atoms with Crippen LogP contribution in [-0.4, -0.2) is 49.1 Å². The number of azo groups is 3. The van der Waals surface area contributed by atoms with Crippen LogP contribution in [0, 0.1) is 0 Å². The van der Waals surface area contributed by atoms with Gasteiger partial charge in [-0.1, -0.05) is 31.4 Å². The molecule has 7 rings (SSSR count). The van der Waals surface area contributed by atoms with E-state index in [1.54, 1.807) is 12.1 Å². The lowest BCUT2D eigenvalue weighted by Crippen LogP contribution is -2.04. The number of nitrogens with zero attached hydrogens (tertiary/aromatic N) is 6. The van der Waals surface area contributed by atoms with E-state index in [1.165, 1.54) is 61.0 Å². The average molecular weight is 916 g/mol. The molecular weight excluding hydrogens is 879 g/mol. The van der Waals surface area contributed by atoms with Gasteiger partial charge in [0.2, 0.25) is 0 Å². The highest BCUT2D eigenvalue weighted by Crippen LogP contribution is 2.48. The molecule has 63 heavy (non-hydrogen) atoms. The van der Waals surface area contributed by atoms with E-state index in [1.807, 2.05) is 12.1 Å². The van der Waals surface area contributed by atoms with Crippen molar-refractivity contribution in [2.24, 2.45) is 30.7 Å². The summed E-state index contributed by atoms with van der Waals surface area (Å²) in [7, 11) is -15.3. The maximum Gasteiger partial charge on any atom is 0.296 e. The van der Waals surface area contributed by atoms with Gasteiger partial charge in [-0.15, -0.1) is 15.3 Å². The summed E-state index contributed by atoms with van der Waals surface area (Å²) in [5.74, 6) is -0.740. The number of rotatable bonds is 12. The summed E-state index contributed by atoms with van der Waals surface area (Å²) in [5.41, 5.74) is 12.0. The molecule has 0 unspecified atom stereocenters. The van der Waals surface area contributed by atoms with Gasteiger partial charge in [-0.25, -0.2) is 0 Å². The molecule has 0 heterocycles. The number of fused-ring (bicyclic) bond motifs is 1. The summed E-state index contributed by atoms with van der Waals surface area (Å²) in [5, 5.41) is 47.2. The molecule has 1 fully saturated rings. The first kappa shape index (κ1) is 44.2. The Hall–Kier alpha value is -6.89. The number of hydrogen-bond acceptors (Lipinski definition) is 17. The Balaban J connectivity index is 1.22. The number of nitrogen functional groups attached to an aromatic ring is 2. The van der Waals surface area contributed by atoms with E-state index in [9.17, 15) is 49.1 Å². The first-order valence-corrected chi connectivity index (χ1v) is 23.1. The summed E-state index contributed by atoms with van der Waals surface area (Å²) in [6.07, 6.45) is 5.53. The molecule has 326 valence electrons. The minimum absolute atomic E-state index is 0.122. The SMILES string of the molecule is Nc1ccc(/N=N/c2ccc(Nc3ccc(/N=N/c4c(S(=O)(=O)O)cc5cc(S(=O)(=O)O)c(/N=N/c6ccc(C7CCCCC7)cc6)c(O)c5c4N)cc3S(=O)(=O)O)cc2)c(O)c1. The maximum absolute atomic E-state index is 12.6. The molecular formula is C40H37N9O11S3. The normalized spacial score (nSPS) is 14.3. The van der Waals surface area contributed by atoms with Gasteiger partial charge >= 0.3 is 0 Å². The van der Waals surface area contributed by atoms with Gasteiger partial charge in [0.25, 0.3) is 30.4 Å². The number of aromatic hydroxyl groups is 2. The summed E-state index contributed by atoms with van der Waals surface area (Å²) >= 11 is 0. The highest BCUT2D eigenvalue weighted by Gasteiger charge is 2.28. The molecule has 0 aromatic heterocycles. The highest BCUT2D eigenvalue weighted by molar-refractivity contribution is 7.86. The van der Waals surface area contributed by atoms with Gasteiger partial charge in [-0.05, 0) is 109 Å². The Morgan fingerprint density at radius 1 is 0.556 bits per heavy atom. The van der Waals surface area contributed by atoms with Gasteiger partial charge in [0.1, 0.15) is 37.5 Å². The zero-order valence-electron chi connectivity index (χ0n) is 32.6. The number of phenols is 2. The fourth-order valence-corrected chi connectivity index (χ4v) is 8.96. The van der Waals surface area contributed by atoms with Crippen LogP contribution in [0.1, 0.15) is 43.6 Å². The third-order valence-corrected chi connectivity index (χ3v) is 12.7. The molecule has 23 heteroatoms. The van der Waals surface area contributed by atoms with E-state index < -0.39 is 73.2 Å². The van der Waals surface area contributed by atoms with Crippen LogP contribution in [0.4, 0.5) is 56.9 Å². The molecule has 20 nitrogen and oxygen atoms in total. The average Bonchev–Trinajstić information content (AvgIpc) is 3.22. The molecule has 0 radical (unpaired) electrons. The molecule has 0 amide bonds. The van der Waals surface area contributed by atoms with E-state index in [0.717, 1.165) is 49.4 Å². The Bertz CT molecular complexity index is 3200. The van der Waals surface area contributed by atoms with Crippen molar-refractivity contribution in [3.05, 3.63) is 103 Å². The number of phenolic OH excluding ortho intramolecular Hbond substituents is 2. The van der Waals surface area contributed by atoms with Crippen molar-refractivity contribution in [3.63, 3.8) is 0 Å². The Morgan fingerprint density at radius 3 is 1.70 bits per heavy atom. The third kappa shape index (κ3) is 10.1. The van der Waals surface area contributed by atoms with Gasteiger partial charge < -0.3 is 27.0 Å². The van der Waals surface area contributed by atoms with Gasteiger partial charge in [0, 0.05) is 17.4 Å². The first-order valence-electron chi connectivity index (χ1n) is 18.8. The smallest absolute Gasteiger partial charge is 0.296 e. The molecule has 6 aromatic carbocycles. The van der Waals surface area contributed by atoms with Crippen molar-refractivity contribution < 1.29 is 49.1 Å². The quantitative estimate of drug-likeness (QED) is 0.0322. The van der Waals surface area contributed by atoms with Crippen molar-refractivity contribution in [1.82, 2.24) is 0 Å². The van der Waals surface area contributed by atoms with Crippen molar-refractivity contribution in [2.45, 2.75) is 52.7 Å². The number of hydrogen-bond donors (Lipinski definition) is 8. The summed E-state index contributed by atoms with van der Waals surface area (Å²) in [6.45, 7) is 0. The van der Waals surface area contributed by atoms with Gasteiger partial charge in [0.05, 0.1) is 33.8 Å². The second kappa shape index (κ2) is 17.5. The van der Waals surface area contributed by atoms with Gasteiger partial charge in [-0.3, -0.25) is 13.7 Å². The zero-order chi connectivity index (χ0) is 45.3. The van der Waals surface area contributed by atoms with Crippen molar-refractivity contribution in [3.8, 4) is 11.5 Å². The Labute approximate surface area is 360 Å². The monoisotopic (exact) mass is 915 g/mol. The Morgan fingerprint density at radius 2 is 1.10 bits per heavy atom. The second-order valence-corrected chi connectivity index (χ2v) is 18.5. The van der Waals surface area contributed by atoms with Crippen LogP contribution in [0.3, 0.4) is 0 Å². The van der Waals surface area contributed by atoms with E-state index in [4.69, 9.17) is 11.5 Å². The molecule has 0 atom stereocenters. The molecule has 1 aliphatic carbocycles. The summed E-state index contributed by atoms with van der Waals surface area (Å²) in [6, 6.07) is 22.3. The van der Waals surface area contributed by atoms with Crippen LogP contribution >= 0.6 is 0 Å². The molecule has 1 saturated carbocycles. The number of benzene rings is 6. The van der Waals surface area contributed by atoms with Crippen LogP contribution in [-0.2, 0) is 30.4 Å². The lowest BCUT2D eigenvalue weighted by atomic mass is 9.84. The molecule has 1 aliphatic rings. The van der Waals surface area contributed by atoms with E-state index in [0.29, 0.717) is 23.0 Å². The van der Waals surface area contributed by atoms with E-state index in [2.05, 4.69) is 36.0 Å². The van der Waals surface area contributed by atoms with Crippen LogP contribution in [0.15, 0.2) is 142 Å². The van der Waals surface area contributed by atoms with Crippen molar-refractivity contribution in [1.29, 1.82) is 0 Å². The molecule has 0 saturated heterocycles. The predicted octanol–water partition coefficient (Wildman–Crippen LogP) is 10.2. The molecule has 10 N–H and O–H groups in total. The van der Waals surface area contributed by atoms with Crippen LogP contribution < -0.4 is 16.8 Å². The van der Waals surface area contributed by atoms with Crippen LogP contribution in [0.25, 0.3) is 10.8 Å². The highest BCUT2D eigenvalue weighted by atomic mass is 32.2. The topological polar surface area (TPSA) is 342 Å². The largest absolute Gasteiger partial charge is 0.506 e. The standard InChI is InChI=1S/C40H37N9O11S3/c41-25-8-16-30(32(50)20-25)47-44-28-13-11-26(12-14-28)43-31-17-15-29(21-33(31)61(52,53)54)46-48-38-34(62(55,56)57)18-24-19-35(63(58,59)60)39(40(51)36(24)37(38)42)49-45-27-9-6-23(7-10-27)22-4-2-1-3-5-22/h6-22,43,50-51H,1-5,41-42H2,(H,52,53,54)(H,55,56,57)(H,58,59,60)/b47-44+,48-46+,49-45+. The van der Waals surface area contributed by atoms with Gasteiger partial charge in [0.15, 0.2) is 5.75 Å². The lowest BCUT2D eigenvalue weighted by Gasteiger charge is -2.21. The summed E-state index contributed by atoms with van der Waals surface area (Å²) < 4.78 is 106. The lowest BCUT2D eigenvalue weighted by molar-refractivity contribution is 0.443. The number of nitrogens with one attached hydrogen (secondary N) is 1. The molecule has 0 bridgehead atoms. The zero-order valence-corrected chi connectivity index (χ0v) is 35.0. The van der Waals surface area contributed by atoms with Crippen molar-refractivity contribution in [2.75, 3.05) is 16.8 Å². The fraction of sp³-hybridized carbons (Fsp3) is 0.150. The minimum Gasteiger partial charge on any atom is -0.506 e. The van der Waals surface area contributed by atoms with E-state index >= 15 is 0 Å². The maximum atomic E-state index is 12.6. The van der Waals surface area contributed by atoms with E-state index in [-0.39, 0.29) is 33.9 Å². The van der Waals surface area contributed by atoms with Crippen molar-refractivity contribution >= 4 is 98.0 Å². The number of anilines is 4. The minimum atomic E-state index is -5.22. The second-order valence-electron chi connectivity index (χ2n) is 14.4. The van der Waals surface area contributed by atoms with Gasteiger partial charge in [-0.2, -0.15) is 40.6 Å². The molecule has 6 aromatic rings. The fourth-order valence-electron chi connectivity index (χ4n) is 6.96. The van der Waals surface area contributed by atoms with Crippen LogP contribution in [0.5, 0.6) is 11.5 Å². The third-order valence-electron chi connectivity index (χ3n) is 10.0. The Kier molecular flexibility index (Phi) is 12.2. The first-order chi connectivity index (χ1) is 29.8. The molecule has 0 aliphatic heterocycles. The van der Waals surface area contributed by atoms with Crippen LogP contribution in [0.2, 0.25) is 0 Å².